The summed E-state index contributed by atoms with van der Waals surface area (Å²) in [7, 11) is 0. The monoisotopic (exact) mass is 650 g/mol. The van der Waals surface area contributed by atoms with Crippen molar-refractivity contribution < 1.29 is 27.1 Å². The first-order valence-electron chi connectivity index (χ1n) is 11.6. The number of nitrogens with zero attached hydrogens (tertiary/aromatic N) is 3. The number of para-hydroxylation sites is 8. The molecule has 0 saturated carbocycles. The average Bonchev–Trinajstić information content (AvgIpc) is 3.33. The molecule has 5 aromatic rings. The maximum Gasteiger partial charge on any atom is 0.112 e. The Kier molecular flexibility index (Phi) is 7.10. The van der Waals surface area contributed by atoms with Crippen molar-refractivity contribution >= 4 is 34.1 Å². The maximum atomic E-state index is 5.68. The molecule has 0 aromatic heterocycles. The van der Waals surface area contributed by atoms with Gasteiger partial charge in [0, 0.05) is 45.1 Å². The fourth-order valence-electron chi connectivity index (χ4n) is 4.22. The topological polar surface area (TPSA) is 29.8 Å². The average molecular weight is 651 g/mol. The van der Waals surface area contributed by atoms with Gasteiger partial charge in [-0.1, -0.05) is 96.3 Å². The van der Waals surface area contributed by atoms with Crippen molar-refractivity contribution in [1.29, 1.82) is 0 Å². The third-order valence-corrected chi connectivity index (χ3v) is 5.89. The van der Waals surface area contributed by atoms with Crippen molar-refractivity contribution in [3.8, 4) is 11.5 Å². The number of ether oxygens (including phenoxy) is 1. The van der Waals surface area contributed by atoms with Gasteiger partial charge in [-0.2, -0.15) is 0 Å². The second-order valence-electron chi connectivity index (χ2n) is 8.16. The number of rotatable bonds is 2. The molecule has 36 heavy (non-hydrogen) atoms. The van der Waals surface area contributed by atoms with E-state index >= 15 is 0 Å². The number of hydrogen-bond acceptors (Lipinski definition) is 3. The minimum atomic E-state index is 0. The van der Waals surface area contributed by atoms with E-state index in [-0.39, 0.29) is 22.4 Å². The van der Waals surface area contributed by atoms with Crippen LogP contribution in [-0.4, -0.2) is 0 Å². The summed E-state index contributed by atoms with van der Waals surface area (Å²) >= 11 is 0. The molecule has 0 aliphatic carbocycles. The van der Waals surface area contributed by atoms with E-state index in [9.17, 15) is 0 Å². The summed E-state index contributed by atoms with van der Waals surface area (Å²) in [6, 6.07) is 44.9. The largest absolute Gasteiger partial charge is 0.652 e. The van der Waals surface area contributed by atoms with E-state index in [0.29, 0.717) is 0 Å². The molecule has 0 atom stereocenters. The van der Waals surface area contributed by atoms with Gasteiger partial charge in [-0.15, -0.1) is 6.67 Å². The molecule has 2 aliphatic rings. The molecule has 0 bridgehead atoms. The zero-order chi connectivity index (χ0) is 23.5. The van der Waals surface area contributed by atoms with Crippen LogP contribution < -0.4 is 14.5 Å². The molecule has 5 aromatic carbocycles. The van der Waals surface area contributed by atoms with Gasteiger partial charge in [0.15, 0.2) is 0 Å². The predicted molar refractivity (Wildman–Crippen MR) is 144 cm³/mol. The molecule has 2 heterocycles. The molecule has 1 radical (unpaired) electrons. The van der Waals surface area contributed by atoms with Crippen LogP contribution in [0.4, 0.5) is 34.1 Å². The van der Waals surface area contributed by atoms with Crippen molar-refractivity contribution in [2.75, 3.05) is 9.80 Å². The Morgan fingerprint density at radius 3 is 1.33 bits per heavy atom. The molecule has 4 nitrogen and oxygen atoms in total. The molecule has 0 N–H and O–H groups in total. The van der Waals surface area contributed by atoms with E-state index in [1.165, 1.54) is 22.7 Å². The zero-order valence-corrected chi connectivity index (χ0v) is 21.5. The minimum absolute atomic E-state index is 0. The fourth-order valence-corrected chi connectivity index (χ4v) is 4.22. The van der Waals surface area contributed by atoms with Gasteiger partial charge in [0.05, 0.1) is 0 Å². The van der Waals surface area contributed by atoms with Gasteiger partial charge in [-0.05, 0) is 48.5 Å². The number of anilines is 4. The Hall–Kier alpha value is -3.96. The summed E-state index contributed by atoms with van der Waals surface area (Å²) in [6.45, 7) is 2.15. The van der Waals surface area contributed by atoms with Crippen LogP contribution in [-0.2, 0) is 22.4 Å². The summed E-state index contributed by atoms with van der Waals surface area (Å²) in [5.41, 5.74) is 6.53. The van der Waals surface area contributed by atoms with Crippen molar-refractivity contribution in [1.82, 2.24) is 0 Å². The normalized spacial score (nSPS) is 12.4. The van der Waals surface area contributed by atoms with Crippen molar-refractivity contribution in [3.63, 3.8) is 0 Å². The summed E-state index contributed by atoms with van der Waals surface area (Å²) in [5, 5.41) is 4.48. The van der Waals surface area contributed by atoms with E-state index in [1.807, 2.05) is 60.7 Å². The van der Waals surface area contributed by atoms with Crippen LogP contribution in [0.25, 0.3) is 5.32 Å². The summed E-state index contributed by atoms with van der Waals surface area (Å²) < 4.78 is 5.68. The molecular weight excluding hydrogens is 627 g/mol. The predicted octanol–water partition coefficient (Wildman–Crippen LogP) is 9.22. The van der Waals surface area contributed by atoms with E-state index in [1.54, 1.807) is 0 Å². The fraction of sp³-hybridized carbons (Fsp3) is 0. The number of fused-ring (bicyclic) bond motifs is 3. The third kappa shape index (κ3) is 4.75. The molecule has 0 saturated heterocycles. The molecular formula is C31H23AuN3O-2. The standard InChI is InChI=1S/C19H15N2.C12H8NO.Au/c1-3-9-16(10-4-1)20-15-21(17-11-5-2-6-12-17)19-14-8-7-13-18(19)20;1-3-7-11-9(5-1)13-10-6-2-4-8-12(10)14-11;/h1-15H;1-8H;/q2*-1;. The van der Waals surface area contributed by atoms with Crippen molar-refractivity contribution in [3.05, 3.63) is 145 Å². The Balaban J connectivity index is 0.000000155. The Bertz CT molecular complexity index is 1290. The Morgan fingerprint density at radius 1 is 0.472 bits per heavy atom. The second-order valence-corrected chi connectivity index (χ2v) is 8.16. The van der Waals surface area contributed by atoms with Gasteiger partial charge < -0.3 is 19.9 Å². The van der Waals surface area contributed by atoms with Crippen LogP contribution >= 0.6 is 0 Å². The molecule has 0 spiro atoms. The van der Waals surface area contributed by atoms with E-state index < -0.39 is 0 Å². The first kappa shape index (κ1) is 23.8. The minimum Gasteiger partial charge on any atom is -0.652 e. The Labute approximate surface area is 227 Å². The van der Waals surface area contributed by atoms with E-state index in [2.05, 4.69) is 94.6 Å². The van der Waals surface area contributed by atoms with E-state index in [4.69, 9.17) is 4.74 Å². The van der Waals surface area contributed by atoms with Crippen molar-refractivity contribution in [2.24, 2.45) is 0 Å². The van der Waals surface area contributed by atoms with Gasteiger partial charge in [-0.25, -0.2) is 0 Å². The molecule has 2 aliphatic heterocycles. The van der Waals surface area contributed by atoms with E-state index in [0.717, 1.165) is 22.9 Å². The molecule has 7 rings (SSSR count). The summed E-state index contributed by atoms with van der Waals surface area (Å²) in [5.74, 6) is 1.65. The first-order valence-corrected chi connectivity index (χ1v) is 11.6. The molecule has 0 fully saturated rings. The van der Waals surface area contributed by atoms with Crippen LogP contribution in [0, 0.1) is 6.67 Å². The van der Waals surface area contributed by atoms with Gasteiger partial charge in [0.2, 0.25) is 0 Å². The van der Waals surface area contributed by atoms with Crippen LogP contribution in [0.2, 0.25) is 0 Å². The number of benzene rings is 5. The quantitative estimate of drug-likeness (QED) is 0.138. The second kappa shape index (κ2) is 10.8. The van der Waals surface area contributed by atoms with Crippen LogP contribution in [0.15, 0.2) is 133 Å². The number of hydrogen-bond donors (Lipinski definition) is 0. The summed E-state index contributed by atoms with van der Waals surface area (Å²) in [6.07, 6.45) is 0. The summed E-state index contributed by atoms with van der Waals surface area (Å²) in [4.78, 5) is 4.45. The van der Waals surface area contributed by atoms with Crippen LogP contribution in [0.1, 0.15) is 0 Å². The Morgan fingerprint density at radius 2 is 0.861 bits per heavy atom. The molecule has 181 valence electrons. The maximum absolute atomic E-state index is 5.68. The van der Waals surface area contributed by atoms with Gasteiger partial charge in [-0.3, -0.25) is 0 Å². The molecule has 0 unspecified atom stereocenters. The molecule has 0 amide bonds. The first-order chi connectivity index (χ1) is 17.4. The smallest absolute Gasteiger partial charge is 0.112 e. The zero-order valence-electron chi connectivity index (χ0n) is 19.3. The SMILES string of the molecule is [Au].c1ccc(N2[CH-]N(c3ccccc3)c3ccccc32)cc1.c1ccc2c(c1)[N-]c1ccccc1O2. The van der Waals surface area contributed by atoms with Gasteiger partial charge in [0.25, 0.3) is 0 Å². The third-order valence-electron chi connectivity index (χ3n) is 5.89. The van der Waals surface area contributed by atoms with Gasteiger partial charge in [0.1, 0.15) is 11.5 Å². The van der Waals surface area contributed by atoms with Gasteiger partial charge >= 0.3 is 0 Å². The van der Waals surface area contributed by atoms with Crippen LogP contribution in [0.3, 0.4) is 0 Å². The van der Waals surface area contributed by atoms with Crippen molar-refractivity contribution in [2.45, 2.75) is 0 Å². The molecule has 5 heteroatoms. The van der Waals surface area contributed by atoms with Crippen LogP contribution in [0.5, 0.6) is 11.5 Å².